The lowest BCUT2D eigenvalue weighted by Gasteiger charge is -2.26. The predicted molar refractivity (Wildman–Crippen MR) is 145 cm³/mol. The molecule has 2 aromatic heterocycles. The number of thiophene rings is 1. The lowest BCUT2D eigenvalue weighted by molar-refractivity contribution is 0.0961. The Morgan fingerprint density at radius 2 is 1.75 bits per heavy atom. The zero-order chi connectivity index (χ0) is 25.7. The molecule has 0 aliphatic rings. The van der Waals surface area contributed by atoms with Crippen LogP contribution in [0.2, 0.25) is 0 Å². The maximum atomic E-state index is 13.4. The van der Waals surface area contributed by atoms with Crippen LogP contribution in [-0.2, 0) is 9.84 Å². The molecule has 0 aliphatic carbocycles. The summed E-state index contributed by atoms with van der Waals surface area (Å²) < 4.78 is 24.5. The molecule has 0 spiro atoms. The lowest BCUT2D eigenvalue weighted by atomic mass is 10.1. The zero-order valence-electron chi connectivity index (χ0n) is 19.9. The van der Waals surface area contributed by atoms with Crippen LogP contribution in [0.3, 0.4) is 0 Å². The quantitative estimate of drug-likeness (QED) is 0.336. The normalized spacial score (nSPS) is 11.3. The molecule has 2 aromatic carbocycles. The molecule has 0 aliphatic heterocycles. The first kappa shape index (κ1) is 25.3. The smallest absolute Gasteiger partial charge is 0.257 e. The van der Waals surface area contributed by atoms with E-state index in [2.05, 4.69) is 15.6 Å². The summed E-state index contributed by atoms with van der Waals surface area (Å²) in [7, 11) is -1.63. The Hall–Kier alpha value is -3.76. The van der Waals surface area contributed by atoms with Crippen molar-refractivity contribution in [1.29, 1.82) is 0 Å². The second-order valence-corrected chi connectivity index (χ2v) is 11.4. The Labute approximate surface area is 213 Å². The van der Waals surface area contributed by atoms with Crippen molar-refractivity contribution < 1.29 is 18.0 Å². The standard InChI is InChI=1S/C26H26N4O4S2/c1-27-25(31)18-15-22(29-26(32)21-17-35-23-12-7-6-11-20(21)23)24(28-16-18)30(13-8-14-36(2,33)34)19-9-4-3-5-10-19/h3-7,9-12,15-17H,8,13-14H2,1-2H3,(H,27,31)(H,29,32). The molecule has 2 N–H and O–H groups in total. The van der Waals surface area contributed by atoms with Crippen LogP contribution in [0.5, 0.6) is 0 Å². The van der Waals surface area contributed by atoms with Gasteiger partial charge in [0.25, 0.3) is 11.8 Å². The van der Waals surface area contributed by atoms with Crippen molar-refractivity contribution in [1.82, 2.24) is 10.3 Å². The molecule has 0 bridgehead atoms. The van der Waals surface area contributed by atoms with Crippen molar-refractivity contribution in [3.63, 3.8) is 0 Å². The van der Waals surface area contributed by atoms with Crippen LogP contribution in [0.4, 0.5) is 17.2 Å². The number of amides is 2. The van der Waals surface area contributed by atoms with Gasteiger partial charge in [-0.05, 0) is 30.7 Å². The van der Waals surface area contributed by atoms with Gasteiger partial charge in [-0.15, -0.1) is 11.3 Å². The number of anilines is 3. The van der Waals surface area contributed by atoms with Crippen molar-refractivity contribution in [2.24, 2.45) is 0 Å². The molecule has 0 radical (unpaired) electrons. The summed E-state index contributed by atoms with van der Waals surface area (Å²) in [4.78, 5) is 32.1. The summed E-state index contributed by atoms with van der Waals surface area (Å²) in [6.45, 7) is 0.341. The van der Waals surface area contributed by atoms with Gasteiger partial charge in [-0.3, -0.25) is 9.59 Å². The van der Waals surface area contributed by atoms with E-state index in [1.807, 2.05) is 59.5 Å². The molecular weight excluding hydrogens is 496 g/mol. The Morgan fingerprint density at radius 1 is 1.03 bits per heavy atom. The first-order valence-corrected chi connectivity index (χ1v) is 14.2. The number of sulfone groups is 1. The molecule has 0 fully saturated rings. The van der Waals surface area contributed by atoms with E-state index in [0.29, 0.717) is 30.0 Å². The van der Waals surface area contributed by atoms with Gasteiger partial charge < -0.3 is 15.5 Å². The number of benzene rings is 2. The summed E-state index contributed by atoms with van der Waals surface area (Å²) in [5, 5.41) is 8.16. The Morgan fingerprint density at radius 3 is 2.47 bits per heavy atom. The first-order valence-electron chi connectivity index (χ1n) is 11.3. The first-order chi connectivity index (χ1) is 17.3. The number of hydrogen-bond acceptors (Lipinski definition) is 7. The average Bonchev–Trinajstić information content (AvgIpc) is 3.31. The highest BCUT2D eigenvalue weighted by Gasteiger charge is 2.21. The van der Waals surface area contributed by atoms with E-state index in [0.717, 1.165) is 15.8 Å². The van der Waals surface area contributed by atoms with Gasteiger partial charge in [0.2, 0.25) is 0 Å². The highest BCUT2D eigenvalue weighted by molar-refractivity contribution is 7.90. The second-order valence-electron chi connectivity index (χ2n) is 8.24. The van der Waals surface area contributed by atoms with E-state index in [1.54, 1.807) is 11.4 Å². The molecule has 186 valence electrons. The summed E-state index contributed by atoms with van der Waals surface area (Å²) in [5.41, 5.74) is 1.94. The van der Waals surface area contributed by atoms with Crippen LogP contribution >= 0.6 is 11.3 Å². The lowest BCUT2D eigenvalue weighted by Crippen LogP contribution is -2.25. The number of hydrogen-bond donors (Lipinski definition) is 2. The monoisotopic (exact) mass is 522 g/mol. The molecule has 4 aromatic rings. The fraction of sp³-hybridized carbons (Fsp3) is 0.192. The minimum absolute atomic E-state index is 0.00917. The predicted octanol–water partition coefficient (Wildman–Crippen LogP) is 4.48. The Balaban J connectivity index is 1.75. The molecule has 4 rings (SSSR count). The minimum Gasteiger partial charge on any atom is -0.355 e. The number of carbonyl (C=O) groups is 2. The summed E-state index contributed by atoms with van der Waals surface area (Å²) >= 11 is 1.48. The van der Waals surface area contributed by atoms with Gasteiger partial charge in [-0.2, -0.15) is 0 Å². The van der Waals surface area contributed by atoms with Crippen LogP contribution in [0, 0.1) is 0 Å². The molecule has 2 amide bonds. The summed E-state index contributed by atoms with van der Waals surface area (Å²) in [6, 6.07) is 18.6. The third-order valence-corrected chi connectivity index (χ3v) is 7.54. The summed E-state index contributed by atoms with van der Waals surface area (Å²) in [5.74, 6) is -0.243. The fourth-order valence-corrected chi connectivity index (χ4v) is 5.42. The van der Waals surface area contributed by atoms with Gasteiger partial charge in [0.15, 0.2) is 5.82 Å². The van der Waals surface area contributed by atoms with E-state index < -0.39 is 9.84 Å². The number of rotatable bonds is 9. The molecule has 0 atom stereocenters. The van der Waals surface area contributed by atoms with Crippen LogP contribution in [0.15, 0.2) is 72.2 Å². The average molecular weight is 523 g/mol. The Bertz CT molecular complexity index is 1500. The fourth-order valence-electron chi connectivity index (χ4n) is 3.83. The van der Waals surface area contributed by atoms with E-state index >= 15 is 0 Å². The van der Waals surface area contributed by atoms with Crippen molar-refractivity contribution in [2.75, 3.05) is 35.8 Å². The number of fused-ring (bicyclic) bond motifs is 1. The highest BCUT2D eigenvalue weighted by atomic mass is 32.2. The molecule has 0 unspecified atom stereocenters. The highest BCUT2D eigenvalue weighted by Crippen LogP contribution is 2.33. The largest absolute Gasteiger partial charge is 0.355 e. The van der Waals surface area contributed by atoms with Crippen LogP contribution in [0.1, 0.15) is 27.1 Å². The molecule has 36 heavy (non-hydrogen) atoms. The van der Waals surface area contributed by atoms with Gasteiger partial charge in [-0.25, -0.2) is 13.4 Å². The number of nitrogens with zero attached hydrogens (tertiary/aromatic N) is 2. The van der Waals surface area contributed by atoms with Gasteiger partial charge in [0.1, 0.15) is 9.84 Å². The third-order valence-electron chi connectivity index (χ3n) is 5.55. The van der Waals surface area contributed by atoms with E-state index in [-0.39, 0.29) is 23.1 Å². The van der Waals surface area contributed by atoms with Crippen LogP contribution in [0.25, 0.3) is 10.1 Å². The van der Waals surface area contributed by atoms with E-state index in [1.165, 1.54) is 30.8 Å². The number of pyridine rings is 1. The van der Waals surface area contributed by atoms with Crippen molar-refractivity contribution in [3.05, 3.63) is 83.4 Å². The van der Waals surface area contributed by atoms with E-state index in [9.17, 15) is 18.0 Å². The molecule has 8 nitrogen and oxygen atoms in total. The van der Waals surface area contributed by atoms with Crippen molar-refractivity contribution in [2.45, 2.75) is 6.42 Å². The SMILES string of the molecule is CNC(=O)c1cnc(N(CCCS(C)(=O)=O)c2ccccc2)c(NC(=O)c2csc3ccccc23)c1. The van der Waals surface area contributed by atoms with Crippen molar-refractivity contribution >= 4 is 60.3 Å². The molecular formula is C26H26N4O4S2. The van der Waals surface area contributed by atoms with Gasteiger partial charge in [0, 0.05) is 47.2 Å². The summed E-state index contributed by atoms with van der Waals surface area (Å²) in [6.07, 6.45) is 3.00. The second kappa shape index (κ2) is 10.9. The van der Waals surface area contributed by atoms with Gasteiger partial charge >= 0.3 is 0 Å². The maximum Gasteiger partial charge on any atom is 0.257 e. The molecule has 0 saturated carbocycles. The molecule has 0 saturated heterocycles. The number of para-hydroxylation sites is 1. The minimum atomic E-state index is -3.15. The van der Waals surface area contributed by atoms with Crippen molar-refractivity contribution in [3.8, 4) is 0 Å². The molecule has 2 heterocycles. The third kappa shape index (κ3) is 5.89. The van der Waals surface area contributed by atoms with Crippen LogP contribution in [-0.4, -0.2) is 50.8 Å². The van der Waals surface area contributed by atoms with Gasteiger partial charge in [0.05, 0.1) is 22.6 Å². The topological polar surface area (TPSA) is 108 Å². The van der Waals surface area contributed by atoms with Gasteiger partial charge in [-0.1, -0.05) is 36.4 Å². The number of carbonyl (C=O) groups excluding carboxylic acids is 2. The van der Waals surface area contributed by atoms with E-state index in [4.69, 9.17) is 0 Å². The number of aromatic nitrogens is 1. The molecule has 10 heteroatoms. The Kier molecular flexibility index (Phi) is 7.66. The zero-order valence-corrected chi connectivity index (χ0v) is 21.5. The number of nitrogens with one attached hydrogen (secondary N) is 2. The van der Waals surface area contributed by atoms with Crippen LogP contribution < -0.4 is 15.5 Å². The maximum absolute atomic E-state index is 13.4.